The van der Waals surface area contributed by atoms with E-state index >= 15 is 0 Å². The van der Waals surface area contributed by atoms with Crippen LogP contribution in [0.2, 0.25) is 0 Å². The molecule has 0 saturated carbocycles. The third kappa shape index (κ3) is 3.82. The van der Waals surface area contributed by atoms with Crippen molar-refractivity contribution in [2.24, 2.45) is 5.73 Å². The topological polar surface area (TPSA) is 125 Å². The largest absolute Gasteiger partial charge is 0.464 e. The van der Waals surface area contributed by atoms with Gasteiger partial charge < -0.3 is 14.9 Å². The van der Waals surface area contributed by atoms with Crippen molar-refractivity contribution in [3.8, 4) is 0 Å². The van der Waals surface area contributed by atoms with Crippen molar-refractivity contribution in [2.75, 3.05) is 13.1 Å². The zero-order chi connectivity index (χ0) is 23.2. The van der Waals surface area contributed by atoms with Gasteiger partial charge in [-0.2, -0.15) is 4.31 Å². The minimum absolute atomic E-state index is 0.0590. The van der Waals surface area contributed by atoms with Crippen LogP contribution in [0.5, 0.6) is 0 Å². The Morgan fingerprint density at radius 3 is 2.79 bits per heavy atom. The molecule has 0 spiro atoms. The maximum atomic E-state index is 13.1. The number of sulfonamides is 1. The average molecular weight is 468 g/mol. The molecular weight excluding hydrogens is 446 g/mol. The maximum Gasteiger partial charge on any atom is 0.339 e. The molecule has 1 saturated heterocycles. The molecule has 2 aromatic heterocycles. The third-order valence-corrected chi connectivity index (χ3v) is 7.73. The first-order valence-electron chi connectivity index (χ1n) is 10.4. The number of hydrogen-bond donors (Lipinski definition) is 1. The van der Waals surface area contributed by atoms with Crippen molar-refractivity contribution in [1.82, 2.24) is 8.87 Å². The molecule has 170 valence electrons. The molecule has 0 amide bonds. The molecule has 5 rings (SSSR count). The number of carbonyl (C=O) groups excluding carboxylic acids is 1. The summed E-state index contributed by atoms with van der Waals surface area (Å²) < 4.78 is 39.4. The molecule has 2 N–H and O–H groups in total. The highest BCUT2D eigenvalue weighted by Crippen LogP contribution is 2.26. The van der Waals surface area contributed by atoms with E-state index in [9.17, 15) is 18.0 Å². The van der Waals surface area contributed by atoms with Gasteiger partial charge in [0.2, 0.25) is 10.0 Å². The molecule has 4 aromatic rings. The average Bonchev–Trinajstić information content (AvgIpc) is 3.46. The minimum Gasteiger partial charge on any atom is -0.464 e. The molecule has 9 nitrogen and oxygen atoms in total. The van der Waals surface area contributed by atoms with Gasteiger partial charge in [0.25, 0.3) is 5.56 Å². The Bertz CT molecular complexity index is 1540. The first-order chi connectivity index (χ1) is 15.8. The van der Waals surface area contributed by atoms with E-state index in [1.807, 2.05) is 0 Å². The van der Waals surface area contributed by atoms with Crippen LogP contribution in [-0.4, -0.2) is 42.4 Å². The summed E-state index contributed by atoms with van der Waals surface area (Å²) in [5.41, 5.74) is 6.40. The van der Waals surface area contributed by atoms with E-state index in [2.05, 4.69) is 0 Å². The van der Waals surface area contributed by atoms with Gasteiger partial charge in [0, 0.05) is 41.5 Å². The molecule has 10 heteroatoms. The van der Waals surface area contributed by atoms with Crippen LogP contribution in [0.3, 0.4) is 0 Å². The number of carbonyl (C=O) groups is 1. The van der Waals surface area contributed by atoms with Crippen LogP contribution in [-0.2, 0) is 21.5 Å². The van der Waals surface area contributed by atoms with E-state index in [-0.39, 0.29) is 29.6 Å². The number of ether oxygens (including phenoxy) is 1. The van der Waals surface area contributed by atoms with Crippen molar-refractivity contribution in [3.05, 3.63) is 76.9 Å². The number of rotatable bonds is 5. The van der Waals surface area contributed by atoms with Crippen molar-refractivity contribution in [2.45, 2.75) is 24.1 Å². The van der Waals surface area contributed by atoms with E-state index in [0.29, 0.717) is 29.5 Å². The quantitative estimate of drug-likeness (QED) is 0.447. The Morgan fingerprint density at radius 1 is 1.15 bits per heavy atom. The molecule has 33 heavy (non-hydrogen) atoms. The highest BCUT2D eigenvalue weighted by Gasteiger charge is 2.32. The van der Waals surface area contributed by atoms with Crippen LogP contribution in [0, 0.1) is 0 Å². The smallest absolute Gasteiger partial charge is 0.339 e. The zero-order valence-electron chi connectivity index (χ0n) is 17.5. The summed E-state index contributed by atoms with van der Waals surface area (Å²) in [5.74, 6) is -0.591. The number of hydrogen-bond acceptors (Lipinski definition) is 7. The van der Waals surface area contributed by atoms with Crippen LogP contribution in [0.4, 0.5) is 0 Å². The summed E-state index contributed by atoms with van der Waals surface area (Å²) >= 11 is 0. The van der Waals surface area contributed by atoms with E-state index in [4.69, 9.17) is 14.9 Å². The molecule has 0 unspecified atom stereocenters. The molecule has 0 aliphatic carbocycles. The fourth-order valence-electron chi connectivity index (χ4n) is 4.03. The van der Waals surface area contributed by atoms with Crippen molar-refractivity contribution in [3.63, 3.8) is 0 Å². The van der Waals surface area contributed by atoms with Gasteiger partial charge in [-0.15, -0.1) is 0 Å². The van der Waals surface area contributed by atoms with Crippen molar-refractivity contribution < 1.29 is 22.4 Å². The van der Waals surface area contributed by atoms with Crippen molar-refractivity contribution >= 4 is 37.7 Å². The number of fused-ring (bicyclic) bond motifs is 2. The lowest BCUT2D eigenvalue weighted by molar-refractivity contribution is 0.0367. The number of esters is 1. The monoisotopic (exact) mass is 467 g/mol. The Labute approximate surface area is 189 Å². The van der Waals surface area contributed by atoms with Gasteiger partial charge in [-0.1, -0.05) is 6.07 Å². The Hall–Kier alpha value is -3.47. The molecular formula is C23H21N3O6S. The summed E-state index contributed by atoms with van der Waals surface area (Å²) in [4.78, 5) is 25.5. The lowest BCUT2D eigenvalue weighted by Gasteiger charge is -2.17. The normalized spacial score (nSPS) is 17.1. The highest BCUT2D eigenvalue weighted by atomic mass is 32.2. The Kier molecular flexibility index (Phi) is 5.28. The number of benzene rings is 2. The number of nitrogens with two attached hydrogens (primary N) is 1. The van der Waals surface area contributed by atoms with E-state index in [1.54, 1.807) is 36.4 Å². The molecule has 1 aliphatic rings. The fourth-order valence-corrected chi connectivity index (χ4v) is 5.75. The number of nitrogens with zero attached hydrogens (tertiary/aromatic N) is 2. The summed E-state index contributed by atoms with van der Waals surface area (Å²) in [6, 6.07) is 12.5. The summed E-state index contributed by atoms with van der Waals surface area (Å²) in [7, 11) is -3.79. The van der Waals surface area contributed by atoms with Gasteiger partial charge in [0.15, 0.2) is 6.73 Å². The summed E-state index contributed by atoms with van der Waals surface area (Å²) in [6.07, 6.45) is 3.54. The van der Waals surface area contributed by atoms with Crippen LogP contribution in [0.15, 0.2) is 75.1 Å². The lowest BCUT2D eigenvalue weighted by atomic mass is 10.2. The van der Waals surface area contributed by atoms with Gasteiger partial charge in [-0.3, -0.25) is 9.36 Å². The first kappa shape index (κ1) is 21.4. The summed E-state index contributed by atoms with van der Waals surface area (Å²) in [5, 5.41) is 1.30. The first-order valence-corrected chi connectivity index (χ1v) is 11.8. The number of furan rings is 1. The molecule has 0 radical (unpaired) electrons. The second-order valence-electron chi connectivity index (χ2n) is 7.95. The predicted molar refractivity (Wildman–Crippen MR) is 121 cm³/mol. The van der Waals surface area contributed by atoms with E-state index < -0.39 is 21.6 Å². The minimum atomic E-state index is -3.79. The predicted octanol–water partition coefficient (Wildman–Crippen LogP) is 2.28. The lowest BCUT2D eigenvalue weighted by Crippen LogP contribution is -2.32. The Morgan fingerprint density at radius 2 is 2.00 bits per heavy atom. The second kappa shape index (κ2) is 8.14. The van der Waals surface area contributed by atoms with E-state index in [1.165, 1.54) is 33.5 Å². The standard InChI is InChI=1S/C23H21N3O6S/c24-17-6-10-26(13-17)33(29,30)21-3-1-2-19-18(21)7-9-25(22(19)27)14-32-23(28)16-4-5-20-15(12-16)8-11-31-20/h1-5,7-9,11-12,17H,6,10,13-14,24H2/t17-/m1/s1. The van der Waals surface area contributed by atoms with Gasteiger partial charge in [-0.25, -0.2) is 13.2 Å². The van der Waals surface area contributed by atoms with Crippen LogP contribution in [0.25, 0.3) is 21.7 Å². The fraction of sp³-hybridized carbons (Fsp3) is 0.217. The maximum absolute atomic E-state index is 13.1. The molecule has 1 fully saturated rings. The number of pyridine rings is 1. The zero-order valence-corrected chi connectivity index (χ0v) is 18.3. The summed E-state index contributed by atoms with van der Waals surface area (Å²) in [6.45, 7) is 0.281. The Balaban J connectivity index is 1.42. The number of aromatic nitrogens is 1. The van der Waals surface area contributed by atoms with Crippen molar-refractivity contribution in [1.29, 1.82) is 0 Å². The van der Waals surface area contributed by atoms with Gasteiger partial charge in [0.05, 0.1) is 16.7 Å². The second-order valence-corrected chi connectivity index (χ2v) is 9.86. The highest BCUT2D eigenvalue weighted by molar-refractivity contribution is 7.89. The van der Waals surface area contributed by atoms with E-state index in [0.717, 1.165) is 5.39 Å². The molecule has 1 aliphatic heterocycles. The van der Waals surface area contributed by atoms with Crippen LogP contribution >= 0.6 is 0 Å². The third-order valence-electron chi connectivity index (χ3n) is 5.81. The molecule has 3 heterocycles. The van der Waals surface area contributed by atoms with Gasteiger partial charge in [-0.05, 0) is 48.9 Å². The van der Waals surface area contributed by atoms with Crippen LogP contribution in [0.1, 0.15) is 16.8 Å². The molecule has 0 bridgehead atoms. The molecule has 1 atom stereocenters. The van der Waals surface area contributed by atoms with Gasteiger partial charge >= 0.3 is 5.97 Å². The van der Waals surface area contributed by atoms with Crippen LogP contribution < -0.4 is 11.3 Å². The van der Waals surface area contributed by atoms with Gasteiger partial charge in [0.1, 0.15) is 5.58 Å². The molecule has 2 aromatic carbocycles. The SMILES string of the molecule is N[C@@H]1CCN(S(=O)(=O)c2cccc3c(=O)n(COC(=O)c4ccc5occc5c4)ccc23)C1.